The van der Waals surface area contributed by atoms with Crippen LogP contribution in [0.25, 0.3) is 33.3 Å². The summed E-state index contributed by atoms with van der Waals surface area (Å²) in [5, 5.41) is 11.5. The quantitative estimate of drug-likeness (QED) is 0.505. The van der Waals surface area contributed by atoms with E-state index < -0.39 is 0 Å². The molecule has 144 valence electrons. The summed E-state index contributed by atoms with van der Waals surface area (Å²) in [6, 6.07) is 18.6. The van der Waals surface area contributed by atoms with Crippen molar-refractivity contribution in [2.24, 2.45) is 0 Å². The number of nitrogens with one attached hydrogen (secondary N) is 2. The highest BCUT2D eigenvalue weighted by Gasteiger charge is 2.24. The van der Waals surface area contributed by atoms with E-state index in [9.17, 15) is 9.18 Å². The summed E-state index contributed by atoms with van der Waals surface area (Å²) in [5.74, 6) is -0.285. The van der Waals surface area contributed by atoms with Gasteiger partial charge in [0.2, 0.25) is 0 Å². The first kappa shape index (κ1) is 17.6. The summed E-state index contributed by atoms with van der Waals surface area (Å²) >= 11 is 0. The fourth-order valence-corrected chi connectivity index (χ4v) is 3.59. The lowest BCUT2D eigenvalue weighted by Crippen LogP contribution is -2.25. The molecule has 3 aromatic carbocycles. The first-order valence-electron chi connectivity index (χ1n) is 9.74. The Hall–Kier alpha value is -3.47. The molecule has 0 saturated heterocycles. The zero-order valence-electron chi connectivity index (χ0n) is 16.0. The van der Waals surface area contributed by atoms with Crippen LogP contribution in [-0.4, -0.2) is 22.1 Å². The van der Waals surface area contributed by atoms with Crippen molar-refractivity contribution in [2.75, 3.05) is 0 Å². The van der Waals surface area contributed by atoms with Gasteiger partial charge in [-0.05, 0) is 85.0 Å². The molecule has 1 fully saturated rings. The number of aromatic amines is 1. The van der Waals surface area contributed by atoms with Gasteiger partial charge in [0.25, 0.3) is 5.91 Å². The first-order valence-corrected chi connectivity index (χ1v) is 9.74. The highest BCUT2D eigenvalue weighted by molar-refractivity contribution is 5.98. The van der Waals surface area contributed by atoms with Gasteiger partial charge < -0.3 is 5.32 Å². The first-order chi connectivity index (χ1) is 14.1. The minimum atomic E-state index is -0.267. The molecule has 1 amide bonds. The van der Waals surface area contributed by atoms with Gasteiger partial charge in [0, 0.05) is 22.6 Å². The predicted molar refractivity (Wildman–Crippen MR) is 112 cm³/mol. The third kappa shape index (κ3) is 3.40. The molecule has 5 heteroatoms. The van der Waals surface area contributed by atoms with Gasteiger partial charge in [-0.3, -0.25) is 9.89 Å². The van der Waals surface area contributed by atoms with Gasteiger partial charge in [0.05, 0.1) is 11.2 Å². The zero-order chi connectivity index (χ0) is 20.0. The maximum atomic E-state index is 13.2. The van der Waals surface area contributed by atoms with Crippen LogP contribution in [-0.2, 0) is 0 Å². The molecule has 0 atom stereocenters. The lowest BCUT2D eigenvalue weighted by Gasteiger charge is -2.10. The van der Waals surface area contributed by atoms with Crippen LogP contribution in [0.4, 0.5) is 4.39 Å². The highest BCUT2D eigenvalue weighted by atomic mass is 19.1. The summed E-state index contributed by atoms with van der Waals surface area (Å²) in [7, 11) is 0. The minimum absolute atomic E-state index is 0.0186. The van der Waals surface area contributed by atoms with Crippen molar-refractivity contribution in [3.63, 3.8) is 0 Å². The number of carbonyl (C=O) groups is 1. The number of hydrogen-bond donors (Lipinski definition) is 2. The number of hydrogen-bond acceptors (Lipinski definition) is 2. The molecule has 0 spiro atoms. The predicted octanol–water partition coefficient (Wildman–Crippen LogP) is 5.24. The molecule has 0 radical (unpaired) electrons. The molecule has 0 unspecified atom stereocenters. The van der Waals surface area contributed by atoms with Crippen molar-refractivity contribution in [1.82, 2.24) is 15.5 Å². The van der Waals surface area contributed by atoms with E-state index in [-0.39, 0.29) is 11.7 Å². The molecule has 1 saturated carbocycles. The van der Waals surface area contributed by atoms with Gasteiger partial charge in [-0.15, -0.1) is 0 Å². The molecule has 1 heterocycles. The second kappa shape index (κ2) is 6.85. The van der Waals surface area contributed by atoms with Crippen LogP contribution < -0.4 is 5.32 Å². The van der Waals surface area contributed by atoms with Crippen molar-refractivity contribution in [3.05, 3.63) is 77.6 Å². The number of halogens is 1. The molecule has 1 aliphatic rings. The third-order valence-electron chi connectivity index (χ3n) is 5.40. The van der Waals surface area contributed by atoms with E-state index in [1.165, 1.54) is 12.1 Å². The van der Waals surface area contributed by atoms with Crippen LogP contribution in [0.1, 0.15) is 28.8 Å². The number of carbonyl (C=O) groups excluding carboxylic acids is 1. The average molecular weight is 385 g/mol. The number of benzene rings is 3. The number of rotatable bonds is 4. The minimum Gasteiger partial charge on any atom is -0.349 e. The fraction of sp³-hybridized carbons (Fsp3) is 0.167. The number of fused-ring (bicyclic) bond motifs is 1. The number of nitrogens with zero attached hydrogens (tertiary/aromatic N) is 1. The Bertz CT molecular complexity index is 1220. The van der Waals surface area contributed by atoms with E-state index in [1.54, 1.807) is 12.1 Å². The monoisotopic (exact) mass is 385 g/mol. The van der Waals surface area contributed by atoms with Gasteiger partial charge in [-0.25, -0.2) is 4.39 Å². The maximum Gasteiger partial charge on any atom is 0.251 e. The normalized spacial score (nSPS) is 13.6. The molecule has 1 aliphatic carbocycles. The molecule has 1 aromatic heterocycles. The summed E-state index contributed by atoms with van der Waals surface area (Å²) < 4.78 is 13.2. The Balaban J connectivity index is 1.52. The van der Waals surface area contributed by atoms with E-state index in [0.717, 1.165) is 51.7 Å². The summed E-state index contributed by atoms with van der Waals surface area (Å²) in [5.41, 5.74) is 6.37. The Morgan fingerprint density at radius 2 is 1.79 bits per heavy atom. The Kier molecular flexibility index (Phi) is 4.16. The molecule has 0 bridgehead atoms. The van der Waals surface area contributed by atoms with Crippen molar-refractivity contribution < 1.29 is 9.18 Å². The van der Waals surface area contributed by atoms with Crippen molar-refractivity contribution in [2.45, 2.75) is 25.8 Å². The van der Waals surface area contributed by atoms with Crippen LogP contribution in [0.5, 0.6) is 0 Å². The number of aromatic nitrogens is 2. The summed E-state index contributed by atoms with van der Waals surface area (Å²) in [6.07, 6.45) is 2.13. The van der Waals surface area contributed by atoms with Gasteiger partial charge in [0.1, 0.15) is 5.82 Å². The van der Waals surface area contributed by atoms with Gasteiger partial charge in [0.15, 0.2) is 0 Å². The van der Waals surface area contributed by atoms with Crippen LogP contribution in [0, 0.1) is 12.7 Å². The number of aryl methyl sites for hydroxylation is 1. The standard InChI is InChI=1S/C24H20FN3O/c1-14-2-3-17(24(29)26-19-9-10-19)12-21(14)16-6-11-20-22(13-16)27-28-23(20)15-4-7-18(25)8-5-15/h2-8,11-13,19H,9-10H2,1H3,(H,26,29)(H,27,28). The van der Waals surface area contributed by atoms with Gasteiger partial charge in [-0.2, -0.15) is 5.10 Å². The number of H-pyrrole nitrogens is 1. The van der Waals surface area contributed by atoms with Crippen molar-refractivity contribution in [3.8, 4) is 22.4 Å². The van der Waals surface area contributed by atoms with Gasteiger partial charge >= 0.3 is 0 Å². The SMILES string of the molecule is Cc1ccc(C(=O)NC2CC2)cc1-c1ccc2c(-c3ccc(F)cc3)n[nH]c2c1. The molecular weight excluding hydrogens is 365 g/mol. The van der Waals surface area contributed by atoms with Crippen LogP contribution in [0.3, 0.4) is 0 Å². The van der Waals surface area contributed by atoms with E-state index in [2.05, 4.69) is 15.5 Å². The van der Waals surface area contributed by atoms with E-state index in [4.69, 9.17) is 0 Å². The topological polar surface area (TPSA) is 57.8 Å². The highest BCUT2D eigenvalue weighted by Crippen LogP contribution is 2.32. The zero-order valence-corrected chi connectivity index (χ0v) is 16.0. The summed E-state index contributed by atoms with van der Waals surface area (Å²) in [4.78, 5) is 12.4. The molecular formula is C24H20FN3O. The van der Waals surface area contributed by atoms with Crippen molar-refractivity contribution >= 4 is 16.8 Å². The second-order valence-corrected chi connectivity index (χ2v) is 7.62. The van der Waals surface area contributed by atoms with Gasteiger partial charge in [-0.1, -0.05) is 12.1 Å². The fourth-order valence-electron chi connectivity index (χ4n) is 3.59. The second-order valence-electron chi connectivity index (χ2n) is 7.62. The lowest BCUT2D eigenvalue weighted by molar-refractivity contribution is 0.0951. The molecule has 29 heavy (non-hydrogen) atoms. The van der Waals surface area contributed by atoms with E-state index >= 15 is 0 Å². The van der Waals surface area contributed by atoms with Crippen LogP contribution >= 0.6 is 0 Å². The Labute approximate surface area is 167 Å². The van der Waals surface area contributed by atoms with Crippen LogP contribution in [0.15, 0.2) is 60.7 Å². The van der Waals surface area contributed by atoms with E-state index in [0.29, 0.717) is 11.6 Å². The number of amides is 1. The third-order valence-corrected chi connectivity index (χ3v) is 5.40. The molecule has 0 aliphatic heterocycles. The smallest absolute Gasteiger partial charge is 0.251 e. The molecule has 4 aromatic rings. The maximum absolute atomic E-state index is 13.2. The Morgan fingerprint density at radius 3 is 2.55 bits per heavy atom. The van der Waals surface area contributed by atoms with E-state index in [1.807, 2.05) is 43.3 Å². The molecule has 4 nitrogen and oxygen atoms in total. The molecule has 2 N–H and O–H groups in total. The summed E-state index contributed by atoms with van der Waals surface area (Å²) in [6.45, 7) is 2.04. The molecule has 5 rings (SSSR count). The lowest BCUT2D eigenvalue weighted by atomic mass is 9.96. The average Bonchev–Trinajstić information content (AvgIpc) is 3.44. The van der Waals surface area contributed by atoms with Crippen molar-refractivity contribution in [1.29, 1.82) is 0 Å². The Morgan fingerprint density at radius 1 is 1.03 bits per heavy atom. The largest absolute Gasteiger partial charge is 0.349 e. The van der Waals surface area contributed by atoms with Crippen LogP contribution in [0.2, 0.25) is 0 Å².